The fraction of sp³-hybridized carbons (Fsp3) is 0.381. The molecule has 0 aliphatic heterocycles. The summed E-state index contributed by atoms with van der Waals surface area (Å²) < 4.78 is 36.2. The van der Waals surface area contributed by atoms with Gasteiger partial charge < -0.3 is 9.87 Å². The van der Waals surface area contributed by atoms with Gasteiger partial charge in [-0.3, -0.25) is 9.89 Å². The van der Waals surface area contributed by atoms with Gasteiger partial charge in [0.25, 0.3) is 5.91 Å². The zero-order valence-corrected chi connectivity index (χ0v) is 17.4. The number of nitrogens with one attached hydrogen (secondary N) is 2. The van der Waals surface area contributed by atoms with E-state index in [4.69, 9.17) is 0 Å². The molecule has 0 bridgehead atoms. The predicted molar refractivity (Wildman–Crippen MR) is 111 cm³/mol. The minimum atomic E-state index is -2.07. The summed E-state index contributed by atoms with van der Waals surface area (Å²) in [4.78, 5) is 16.9. The molecule has 0 saturated heterocycles. The van der Waals surface area contributed by atoms with Crippen molar-refractivity contribution in [2.75, 3.05) is 7.05 Å². The topological polar surface area (TPSA) is 108 Å². The minimum absolute atomic E-state index is 0.131. The molecule has 1 aromatic carbocycles. The molecule has 9 heteroatoms. The summed E-state index contributed by atoms with van der Waals surface area (Å²) >= 11 is -2.07. The molecule has 7 nitrogen and oxygen atoms in total. The Morgan fingerprint density at radius 1 is 1.37 bits per heavy atom. The average Bonchev–Trinajstić information content (AvgIpc) is 3.66. The number of carbonyl (C=O) groups excluding carboxylic acids is 1. The molecular weight excluding hydrogens is 407 g/mol. The third-order valence-corrected chi connectivity index (χ3v) is 7.46. The lowest BCUT2D eigenvalue weighted by atomic mass is 9.92. The molecule has 2 aliphatic rings. The van der Waals surface area contributed by atoms with Crippen LogP contribution in [0.1, 0.15) is 58.9 Å². The highest BCUT2D eigenvalue weighted by Crippen LogP contribution is 2.52. The SMILES string of the molecule is CNC(=O)c1ncc2n[nH]c(C3CC3)c2c1-c1cc(C)c(C2(S(=O)O)CC2)cc1F. The maximum Gasteiger partial charge on any atom is 0.270 e. The monoisotopic (exact) mass is 428 g/mol. The number of halogens is 1. The molecule has 5 rings (SSSR count). The van der Waals surface area contributed by atoms with Gasteiger partial charge in [0.1, 0.15) is 17.0 Å². The zero-order valence-electron chi connectivity index (χ0n) is 16.6. The predicted octanol–water partition coefficient (Wildman–Crippen LogP) is 3.52. The number of H-pyrrole nitrogens is 1. The van der Waals surface area contributed by atoms with Gasteiger partial charge in [-0.1, -0.05) is 0 Å². The van der Waals surface area contributed by atoms with Gasteiger partial charge in [-0.2, -0.15) is 5.10 Å². The maximum atomic E-state index is 15.5. The number of aromatic amines is 1. The van der Waals surface area contributed by atoms with E-state index < -0.39 is 27.6 Å². The van der Waals surface area contributed by atoms with Crippen LogP contribution < -0.4 is 5.32 Å². The number of hydrogen-bond acceptors (Lipinski definition) is 4. The number of carbonyl (C=O) groups is 1. The number of nitrogens with zero attached hydrogens (tertiary/aromatic N) is 2. The Hall–Kier alpha value is -2.65. The lowest BCUT2D eigenvalue weighted by molar-refractivity contribution is 0.0959. The number of fused-ring (bicyclic) bond motifs is 1. The van der Waals surface area contributed by atoms with E-state index in [1.165, 1.54) is 19.3 Å². The van der Waals surface area contributed by atoms with E-state index in [-0.39, 0.29) is 11.3 Å². The summed E-state index contributed by atoms with van der Waals surface area (Å²) in [5.41, 5.74) is 3.51. The Labute approximate surface area is 174 Å². The van der Waals surface area contributed by atoms with Crippen LogP contribution in [0, 0.1) is 12.7 Å². The Morgan fingerprint density at radius 2 is 2.10 bits per heavy atom. The van der Waals surface area contributed by atoms with Gasteiger partial charge in [0.15, 0.2) is 11.1 Å². The lowest BCUT2D eigenvalue weighted by Crippen LogP contribution is -2.21. The molecule has 1 atom stereocenters. The van der Waals surface area contributed by atoms with E-state index in [1.54, 1.807) is 13.0 Å². The molecule has 1 unspecified atom stereocenters. The highest BCUT2D eigenvalue weighted by atomic mass is 32.2. The number of amides is 1. The minimum Gasteiger partial charge on any atom is -0.354 e. The van der Waals surface area contributed by atoms with Crippen molar-refractivity contribution in [3.05, 3.63) is 46.7 Å². The van der Waals surface area contributed by atoms with Gasteiger partial charge in [0.2, 0.25) is 0 Å². The standard InChI is InChI=1S/C21H21FN4O3S/c1-10-7-12(14(22)8-13(10)21(5-6-21)30(28)29)16-17-15(9-24-19(16)20(27)23-2)25-26-18(17)11-3-4-11/h7-9,11H,3-6H2,1-2H3,(H,23,27)(H,25,26)(H,28,29). The van der Waals surface area contributed by atoms with Crippen molar-refractivity contribution in [2.45, 2.75) is 43.3 Å². The highest BCUT2D eigenvalue weighted by molar-refractivity contribution is 7.80. The third-order valence-electron chi connectivity index (χ3n) is 6.17. The molecule has 2 fully saturated rings. The second-order valence-corrected chi connectivity index (χ2v) is 9.40. The highest BCUT2D eigenvalue weighted by Gasteiger charge is 2.51. The number of pyridine rings is 1. The molecule has 3 N–H and O–H groups in total. The average molecular weight is 428 g/mol. The summed E-state index contributed by atoms with van der Waals surface area (Å²) in [6.07, 6.45) is 4.64. The van der Waals surface area contributed by atoms with Crippen LogP contribution in [-0.4, -0.2) is 36.9 Å². The first kappa shape index (κ1) is 19.3. The second-order valence-electron chi connectivity index (χ2n) is 8.12. The Bertz CT molecular complexity index is 1230. The largest absolute Gasteiger partial charge is 0.354 e. The molecule has 30 heavy (non-hydrogen) atoms. The maximum absolute atomic E-state index is 15.5. The normalized spacial score (nSPS) is 18.4. The quantitative estimate of drug-likeness (QED) is 0.539. The van der Waals surface area contributed by atoms with E-state index in [0.29, 0.717) is 46.4 Å². The zero-order chi connectivity index (χ0) is 21.2. The molecule has 1 amide bonds. The molecule has 3 aromatic rings. The molecule has 2 aliphatic carbocycles. The van der Waals surface area contributed by atoms with Crippen LogP contribution in [0.3, 0.4) is 0 Å². The van der Waals surface area contributed by atoms with Crippen LogP contribution in [0.4, 0.5) is 4.39 Å². The Balaban J connectivity index is 1.78. The molecule has 156 valence electrons. The summed E-state index contributed by atoms with van der Waals surface area (Å²) in [6.45, 7) is 1.80. The van der Waals surface area contributed by atoms with Crippen molar-refractivity contribution in [2.24, 2.45) is 0 Å². The van der Waals surface area contributed by atoms with Crippen LogP contribution in [0.15, 0.2) is 18.3 Å². The first-order chi connectivity index (χ1) is 14.4. The van der Waals surface area contributed by atoms with Crippen LogP contribution in [-0.2, 0) is 15.8 Å². The molecular formula is C21H21FN4O3S. The van der Waals surface area contributed by atoms with Gasteiger partial charge in [-0.15, -0.1) is 0 Å². The van der Waals surface area contributed by atoms with Crippen molar-refractivity contribution in [1.29, 1.82) is 0 Å². The third kappa shape index (κ3) is 2.79. The molecule has 2 heterocycles. The van der Waals surface area contributed by atoms with E-state index in [0.717, 1.165) is 18.5 Å². The lowest BCUT2D eigenvalue weighted by Gasteiger charge is -2.18. The van der Waals surface area contributed by atoms with Crippen LogP contribution in [0.2, 0.25) is 0 Å². The number of hydrogen-bond donors (Lipinski definition) is 3. The van der Waals surface area contributed by atoms with Crippen LogP contribution >= 0.6 is 0 Å². The van der Waals surface area contributed by atoms with Gasteiger partial charge >= 0.3 is 0 Å². The smallest absolute Gasteiger partial charge is 0.270 e. The summed E-state index contributed by atoms with van der Waals surface area (Å²) in [7, 11) is 1.51. The number of aryl methyl sites for hydroxylation is 1. The number of aromatic nitrogens is 3. The summed E-state index contributed by atoms with van der Waals surface area (Å²) in [5, 5.41) is 10.7. The van der Waals surface area contributed by atoms with Crippen molar-refractivity contribution in [1.82, 2.24) is 20.5 Å². The van der Waals surface area contributed by atoms with Crippen LogP contribution in [0.5, 0.6) is 0 Å². The first-order valence-electron chi connectivity index (χ1n) is 9.88. The molecule has 2 aromatic heterocycles. The van der Waals surface area contributed by atoms with Crippen LogP contribution in [0.25, 0.3) is 22.0 Å². The Kier molecular flexibility index (Phi) is 4.30. The number of rotatable bonds is 5. The van der Waals surface area contributed by atoms with E-state index in [2.05, 4.69) is 20.5 Å². The van der Waals surface area contributed by atoms with Crippen molar-refractivity contribution < 1.29 is 17.9 Å². The fourth-order valence-electron chi connectivity index (χ4n) is 4.27. The van der Waals surface area contributed by atoms with Crippen molar-refractivity contribution in [3.8, 4) is 11.1 Å². The van der Waals surface area contributed by atoms with Crippen molar-refractivity contribution >= 4 is 27.9 Å². The molecule has 0 radical (unpaired) electrons. The van der Waals surface area contributed by atoms with Gasteiger partial charge in [-0.25, -0.2) is 13.6 Å². The van der Waals surface area contributed by atoms with Crippen molar-refractivity contribution in [3.63, 3.8) is 0 Å². The summed E-state index contributed by atoms with van der Waals surface area (Å²) in [6, 6.07) is 3.00. The van der Waals surface area contributed by atoms with E-state index in [1.807, 2.05) is 0 Å². The Morgan fingerprint density at radius 3 is 2.70 bits per heavy atom. The van der Waals surface area contributed by atoms with E-state index >= 15 is 4.39 Å². The summed E-state index contributed by atoms with van der Waals surface area (Å²) in [5.74, 6) is -0.649. The molecule has 0 spiro atoms. The van der Waals surface area contributed by atoms with Gasteiger partial charge in [-0.05, 0) is 55.9 Å². The van der Waals surface area contributed by atoms with Gasteiger partial charge in [0, 0.05) is 35.2 Å². The fourth-order valence-corrected chi connectivity index (χ4v) is 5.13. The van der Waals surface area contributed by atoms with E-state index in [9.17, 15) is 13.6 Å². The second kappa shape index (κ2) is 6.68. The molecule has 2 saturated carbocycles. The number of benzene rings is 1. The first-order valence-corrected chi connectivity index (χ1v) is 11.0. The van der Waals surface area contributed by atoms with Gasteiger partial charge in [0.05, 0.1) is 10.9 Å².